The van der Waals surface area contributed by atoms with Crippen LogP contribution in [0.4, 0.5) is 0 Å². The van der Waals surface area contributed by atoms with Crippen molar-refractivity contribution in [1.82, 2.24) is 10.3 Å². The number of carbonyl (C=O) groups is 3. The lowest BCUT2D eigenvalue weighted by molar-refractivity contribution is -0.163. The van der Waals surface area contributed by atoms with Crippen molar-refractivity contribution < 1.29 is 23.9 Å². The van der Waals surface area contributed by atoms with Gasteiger partial charge in [0.2, 0.25) is 5.96 Å². The van der Waals surface area contributed by atoms with E-state index in [0.29, 0.717) is 24.6 Å². The van der Waals surface area contributed by atoms with Crippen LogP contribution in [0, 0.1) is 5.92 Å². The number of carbonyl (C=O) groups excluding carboxylic acids is 3. The van der Waals surface area contributed by atoms with Gasteiger partial charge >= 0.3 is 11.9 Å². The van der Waals surface area contributed by atoms with Gasteiger partial charge in [0.25, 0.3) is 5.78 Å². The molecule has 0 saturated carbocycles. The number of aliphatic imine (C=N–C) groups is 1. The zero-order chi connectivity index (χ0) is 19.4. The number of Topliss-reactive ketones (excluding diaryl/α,β-unsaturated/α-hetero) is 1. The Morgan fingerprint density at radius 2 is 2.11 bits per heavy atom. The van der Waals surface area contributed by atoms with E-state index < -0.39 is 29.7 Å². The molecule has 9 nitrogen and oxygen atoms in total. The molecule has 3 rings (SSSR count). The number of nitrogens with one attached hydrogen (secondary N) is 1. The Morgan fingerprint density at radius 3 is 2.78 bits per heavy atom. The van der Waals surface area contributed by atoms with Crippen molar-refractivity contribution in [3.8, 4) is 0 Å². The van der Waals surface area contributed by atoms with Gasteiger partial charge in [0.15, 0.2) is 5.92 Å². The summed E-state index contributed by atoms with van der Waals surface area (Å²) in [6.45, 7) is 2.77. The van der Waals surface area contributed by atoms with E-state index in [1.807, 2.05) is 12.1 Å². The Bertz CT molecular complexity index is 820. The highest BCUT2D eigenvalue weighted by Gasteiger charge is 2.46. The standard InChI is InChI=1S/C18H20N4O5/c1-3-27-17(25)15(23)13(16(24)26-2)14-12-7-5-4-6-11(12)10-21-22(14)18-19-8-9-20-18/h4-7,10,13-14H,3,8-9H2,1-2H3,(H,19,20). The molecule has 0 saturated heterocycles. The summed E-state index contributed by atoms with van der Waals surface area (Å²) in [7, 11) is 1.17. The number of hydrogen-bond donors (Lipinski definition) is 1. The van der Waals surface area contributed by atoms with E-state index in [0.717, 1.165) is 5.56 Å². The molecule has 0 fully saturated rings. The van der Waals surface area contributed by atoms with Crippen LogP contribution in [-0.4, -0.2) is 61.7 Å². The fourth-order valence-electron chi connectivity index (χ4n) is 3.11. The van der Waals surface area contributed by atoms with Gasteiger partial charge in [-0.25, -0.2) is 14.8 Å². The highest BCUT2D eigenvalue weighted by atomic mass is 16.5. The largest absolute Gasteiger partial charge is 0.468 e. The third-order valence-electron chi connectivity index (χ3n) is 4.30. The molecular weight excluding hydrogens is 352 g/mol. The SMILES string of the molecule is CCOC(=O)C(=O)C(C(=O)OC)C1c2ccccc2C=NN1C1=NCCN1. The van der Waals surface area contributed by atoms with Crippen molar-refractivity contribution >= 4 is 29.9 Å². The summed E-state index contributed by atoms with van der Waals surface area (Å²) in [6, 6.07) is 6.32. The zero-order valence-corrected chi connectivity index (χ0v) is 15.0. The summed E-state index contributed by atoms with van der Waals surface area (Å²) >= 11 is 0. The number of benzene rings is 1. The number of hydrazone groups is 1. The number of nitrogens with zero attached hydrogens (tertiary/aromatic N) is 3. The molecule has 2 heterocycles. The summed E-state index contributed by atoms with van der Waals surface area (Å²) in [6.07, 6.45) is 1.62. The maximum atomic E-state index is 12.8. The van der Waals surface area contributed by atoms with Crippen molar-refractivity contribution in [2.75, 3.05) is 26.8 Å². The van der Waals surface area contributed by atoms with Gasteiger partial charge in [-0.3, -0.25) is 9.59 Å². The van der Waals surface area contributed by atoms with Crippen LogP contribution in [0.5, 0.6) is 0 Å². The lowest BCUT2D eigenvalue weighted by atomic mass is 9.86. The van der Waals surface area contributed by atoms with E-state index in [1.54, 1.807) is 25.3 Å². The minimum Gasteiger partial charge on any atom is -0.468 e. The lowest BCUT2D eigenvalue weighted by Crippen LogP contribution is -2.48. The fraction of sp³-hybridized carbons (Fsp3) is 0.389. The van der Waals surface area contributed by atoms with Gasteiger partial charge in [-0.05, 0) is 18.1 Å². The summed E-state index contributed by atoms with van der Waals surface area (Å²) in [5.41, 5.74) is 1.40. The molecule has 0 aromatic heterocycles. The van der Waals surface area contributed by atoms with Crippen LogP contribution in [0.25, 0.3) is 0 Å². The number of hydrogen-bond acceptors (Lipinski definition) is 9. The van der Waals surface area contributed by atoms with Crippen LogP contribution in [0.15, 0.2) is 34.4 Å². The molecule has 2 unspecified atom stereocenters. The number of esters is 2. The minimum atomic E-state index is -1.45. The number of guanidine groups is 1. The van der Waals surface area contributed by atoms with Gasteiger partial charge in [-0.15, -0.1) is 0 Å². The van der Waals surface area contributed by atoms with Gasteiger partial charge in [0, 0.05) is 6.54 Å². The van der Waals surface area contributed by atoms with Crippen LogP contribution < -0.4 is 5.32 Å². The highest BCUT2D eigenvalue weighted by molar-refractivity contribution is 6.38. The van der Waals surface area contributed by atoms with Crippen LogP contribution in [0.2, 0.25) is 0 Å². The molecule has 2 aliphatic heterocycles. The number of rotatable bonds is 5. The first-order valence-electron chi connectivity index (χ1n) is 8.57. The summed E-state index contributed by atoms with van der Waals surface area (Å²) < 4.78 is 9.65. The fourth-order valence-corrected chi connectivity index (χ4v) is 3.11. The maximum Gasteiger partial charge on any atom is 0.375 e. The van der Waals surface area contributed by atoms with Crippen LogP contribution >= 0.6 is 0 Å². The van der Waals surface area contributed by atoms with Crippen LogP contribution in [-0.2, 0) is 23.9 Å². The van der Waals surface area contributed by atoms with Crippen LogP contribution in [0.1, 0.15) is 24.1 Å². The smallest absolute Gasteiger partial charge is 0.375 e. The number of ketones is 1. The molecule has 2 aliphatic rings. The molecule has 0 amide bonds. The number of ether oxygens (including phenoxy) is 2. The van der Waals surface area contributed by atoms with E-state index in [1.165, 1.54) is 12.1 Å². The van der Waals surface area contributed by atoms with Crippen molar-refractivity contribution in [2.45, 2.75) is 13.0 Å². The second-order valence-electron chi connectivity index (χ2n) is 5.88. The first-order chi connectivity index (χ1) is 13.1. The van der Waals surface area contributed by atoms with E-state index in [-0.39, 0.29) is 6.61 Å². The molecule has 2 atom stereocenters. The summed E-state index contributed by atoms with van der Waals surface area (Å²) in [5.74, 6) is -3.92. The third-order valence-corrected chi connectivity index (χ3v) is 4.30. The van der Waals surface area contributed by atoms with Gasteiger partial charge in [0.1, 0.15) is 6.04 Å². The van der Waals surface area contributed by atoms with Crippen molar-refractivity contribution in [2.24, 2.45) is 16.0 Å². The molecule has 0 aliphatic carbocycles. The Hall–Kier alpha value is -3.23. The summed E-state index contributed by atoms with van der Waals surface area (Å²) in [5, 5.41) is 8.89. The average molecular weight is 372 g/mol. The van der Waals surface area contributed by atoms with Crippen molar-refractivity contribution in [3.63, 3.8) is 0 Å². The lowest BCUT2D eigenvalue weighted by Gasteiger charge is -2.35. The van der Waals surface area contributed by atoms with Gasteiger partial charge in [-0.1, -0.05) is 24.3 Å². The molecule has 142 valence electrons. The average Bonchev–Trinajstić information content (AvgIpc) is 3.22. The Morgan fingerprint density at radius 1 is 1.33 bits per heavy atom. The Labute approximate surface area is 156 Å². The normalized spacial score (nSPS) is 18.8. The zero-order valence-electron chi connectivity index (χ0n) is 15.0. The maximum absolute atomic E-state index is 12.8. The Kier molecular flexibility index (Phi) is 5.49. The molecule has 0 radical (unpaired) electrons. The van der Waals surface area contributed by atoms with E-state index in [4.69, 9.17) is 9.47 Å². The van der Waals surface area contributed by atoms with Gasteiger partial charge < -0.3 is 14.8 Å². The number of fused-ring (bicyclic) bond motifs is 1. The highest BCUT2D eigenvalue weighted by Crippen LogP contribution is 2.35. The van der Waals surface area contributed by atoms with E-state index >= 15 is 0 Å². The molecule has 0 spiro atoms. The Balaban J connectivity index is 2.09. The summed E-state index contributed by atoms with van der Waals surface area (Å²) in [4.78, 5) is 41.8. The third kappa shape index (κ3) is 3.53. The predicted molar refractivity (Wildman–Crippen MR) is 96.1 cm³/mol. The van der Waals surface area contributed by atoms with Gasteiger partial charge in [-0.2, -0.15) is 5.10 Å². The quantitative estimate of drug-likeness (QED) is 0.448. The van der Waals surface area contributed by atoms with E-state index in [9.17, 15) is 14.4 Å². The van der Waals surface area contributed by atoms with E-state index in [2.05, 4.69) is 15.4 Å². The predicted octanol–water partition coefficient (Wildman–Crippen LogP) is 0.258. The topological polar surface area (TPSA) is 110 Å². The molecule has 1 N–H and O–H groups in total. The van der Waals surface area contributed by atoms with Crippen LogP contribution in [0.3, 0.4) is 0 Å². The molecule has 9 heteroatoms. The van der Waals surface area contributed by atoms with Gasteiger partial charge in [0.05, 0.1) is 26.5 Å². The monoisotopic (exact) mass is 372 g/mol. The first-order valence-corrected chi connectivity index (χ1v) is 8.57. The molecule has 1 aromatic rings. The second-order valence-corrected chi connectivity index (χ2v) is 5.88. The van der Waals surface area contributed by atoms with Crippen molar-refractivity contribution in [3.05, 3.63) is 35.4 Å². The molecular formula is C18H20N4O5. The minimum absolute atomic E-state index is 0.0237. The molecule has 1 aromatic carbocycles. The van der Waals surface area contributed by atoms with Crippen molar-refractivity contribution in [1.29, 1.82) is 0 Å². The second kappa shape index (κ2) is 7.98. The molecule has 0 bridgehead atoms. The number of methoxy groups -OCH3 is 1. The molecule has 27 heavy (non-hydrogen) atoms. The first kappa shape index (κ1) is 18.6.